The van der Waals surface area contributed by atoms with Crippen molar-refractivity contribution in [3.05, 3.63) is 0 Å². The van der Waals surface area contributed by atoms with Crippen LogP contribution in [0.4, 0.5) is 0 Å². The zero-order chi connectivity index (χ0) is 15.6. The highest BCUT2D eigenvalue weighted by Crippen LogP contribution is 2.37. The van der Waals surface area contributed by atoms with Gasteiger partial charge in [-0.3, -0.25) is 4.79 Å². The monoisotopic (exact) mass is 316 g/mol. The van der Waals surface area contributed by atoms with Crippen molar-refractivity contribution in [1.29, 1.82) is 0 Å². The van der Waals surface area contributed by atoms with Crippen LogP contribution in [0.3, 0.4) is 0 Å². The first kappa shape index (κ1) is 16.7. The van der Waals surface area contributed by atoms with Crippen LogP contribution in [-0.2, 0) is 14.6 Å². The molecule has 0 aromatic carbocycles. The van der Waals surface area contributed by atoms with Gasteiger partial charge >= 0.3 is 0 Å². The van der Waals surface area contributed by atoms with Crippen LogP contribution in [0.5, 0.6) is 0 Å². The Labute approximate surface area is 128 Å². The van der Waals surface area contributed by atoms with Gasteiger partial charge in [0.25, 0.3) is 0 Å². The van der Waals surface area contributed by atoms with Gasteiger partial charge in [-0.05, 0) is 44.1 Å². The number of carbonyl (C=O) groups excluding carboxylic acids is 1. The van der Waals surface area contributed by atoms with Gasteiger partial charge in [-0.15, -0.1) is 0 Å². The molecule has 1 saturated heterocycles. The third-order valence-corrected chi connectivity index (χ3v) is 6.76. The van der Waals surface area contributed by atoms with Crippen LogP contribution >= 0.6 is 0 Å². The molecule has 1 N–H and O–H groups in total. The van der Waals surface area contributed by atoms with Gasteiger partial charge in [0, 0.05) is 20.4 Å². The fourth-order valence-electron chi connectivity index (χ4n) is 3.87. The van der Waals surface area contributed by atoms with Gasteiger partial charge in [0.05, 0.1) is 11.3 Å². The summed E-state index contributed by atoms with van der Waals surface area (Å²) in [6.45, 7) is 0.856. The third kappa shape index (κ3) is 4.19. The average molecular weight is 316 g/mol. The van der Waals surface area contributed by atoms with E-state index >= 15 is 0 Å². The highest BCUT2D eigenvalue weighted by molar-refractivity contribution is 7.91. The minimum Gasteiger partial charge on any atom is -0.347 e. The maximum absolute atomic E-state index is 12.1. The second-order valence-electron chi connectivity index (χ2n) is 6.90. The Bertz CT molecular complexity index is 475. The van der Waals surface area contributed by atoms with Crippen molar-refractivity contribution in [3.8, 4) is 0 Å². The highest BCUT2D eigenvalue weighted by Gasteiger charge is 2.36. The Kier molecular flexibility index (Phi) is 5.30. The molecule has 0 aromatic heterocycles. The average Bonchev–Trinajstić information content (AvgIpc) is 2.46. The number of nitrogens with zero attached hydrogens (tertiary/aromatic N) is 1. The van der Waals surface area contributed by atoms with Crippen molar-refractivity contribution in [1.82, 2.24) is 10.2 Å². The number of carbonyl (C=O) groups is 1. The molecule has 4 atom stereocenters. The van der Waals surface area contributed by atoms with Gasteiger partial charge in [0.15, 0.2) is 0 Å². The van der Waals surface area contributed by atoms with E-state index in [9.17, 15) is 13.2 Å². The summed E-state index contributed by atoms with van der Waals surface area (Å²) in [4.78, 5) is 13.8. The molecule has 0 radical (unpaired) electrons. The van der Waals surface area contributed by atoms with Gasteiger partial charge in [-0.2, -0.15) is 0 Å². The van der Waals surface area contributed by atoms with E-state index in [1.54, 1.807) is 19.0 Å². The fourth-order valence-corrected chi connectivity index (χ4v) is 5.06. The Morgan fingerprint density at radius 3 is 2.38 bits per heavy atom. The fraction of sp³-hybridized carbons (Fsp3) is 0.933. The molecule has 1 aliphatic carbocycles. The Morgan fingerprint density at radius 2 is 1.76 bits per heavy atom. The van der Waals surface area contributed by atoms with Crippen LogP contribution in [0.25, 0.3) is 0 Å². The standard InChI is InChI=1S/C15H28N2O3S/c1-17(2)15(18)14-10-12(7-8-16-14)11-5-4-6-13(9-11)21(3,19)20/h11-14,16H,4-10H2,1-3H3. The minimum absolute atomic E-state index is 0.0997. The van der Waals surface area contributed by atoms with Crippen LogP contribution in [0.2, 0.25) is 0 Å². The summed E-state index contributed by atoms with van der Waals surface area (Å²) in [6, 6.07) is -0.0997. The maximum atomic E-state index is 12.1. The van der Waals surface area contributed by atoms with Crippen LogP contribution < -0.4 is 5.32 Å². The number of rotatable bonds is 3. The van der Waals surface area contributed by atoms with E-state index in [2.05, 4.69) is 5.32 Å². The van der Waals surface area contributed by atoms with Crippen molar-refractivity contribution in [2.75, 3.05) is 26.9 Å². The van der Waals surface area contributed by atoms with E-state index in [0.717, 1.165) is 45.1 Å². The van der Waals surface area contributed by atoms with Crippen molar-refractivity contribution in [3.63, 3.8) is 0 Å². The van der Waals surface area contributed by atoms with Crippen molar-refractivity contribution >= 4 is 15.7 Å². The third-order valence-electron chi connectivity index (χ3n) is 5.12. The summed E-state index contributed by atoms with van der Waals surface area (Å²) < 4.78 is 23.6. The summed E-state index contributed by atoms with van der Waals surface area (Å²) in [5.41, 5.74) is 0. The number of sulfone groups is 1. The highest BCUT2D eigenvalue weighted by atomic mass is 32.2. The van der Waals surface area contributed by atoms with E-state index in [0.29, 0.717) is 11.8 Å². The number of hydrogen-bond donors (Lipinski definition) is 1. The minimum atomic E-state index is -2.93. The predicted molar refractivity (Wildman–Crippen MR) is 83.8 cm³/mol. The Morgan fingerprint density at radius 1 is 1.10 bits per heavy atom. The summed E-state index contributed by atoms with van der Waals surface area (Å²) >= 11 is 0. The lowest BCUT2D eigenvalue weighted by molar-refractivity contribution is -0.132. The van der Waals surface area contributed by atoms with Crippen LogP contribution in [-0.4, -0.2) is 57.4 Å². The van der Waals surface area contributed by atoms with Crippen LogP contribution in [0.15, 0.2) is 0 Å². The number of amides is 1. The molecule has 0 bridgehead atoms. The van der Waals surface area contributed by atoms with Gasteiger partial charge < -0.3 is 10.2 Å². The molecule has 2 aliphatic rings. The molecule has 2 fully saturated rings. The maximum Gasteiger partial charge on any atom is 0.239 e. The second-order valence-corrected chi connectivity index (χ2v) is 9.23. The quantitative estimate of drug-likeness (QED) is 0.845. The molecule has 1 amide bonds. The van der Waals surface area contributed by atoms with E-state index in [1.807, 2.05) is 0 Å². The van der Waals surface area contributed by atoms with Gasteiger partial charge in [-0.1, -0.05) is 12.8 Å². The largest absolute Gasteiger partial charge is 0.347 e. The number of hydrogen-bond acceptors (Lipinski definition) is 4. The molecular formula is C15H28N2O3S. The smallest absolute Gasteiger partial charge is 0.239 e. The molecule has 4 unspecified atom stereocenters. The Hall–Kier alpha value is -0.620. The molecule has 5 nitrogen and oxygen atoms in total. The van der Waals surface area contributed by atoms with Gasteiger partial charge in [0.2, 0.25) is 5.91 Å². The van der Waals surface area contributed by atoms with Crippen LogP contribution in [0, 0.1) is 11.8 Å². The van der Waals surface area contributed by atoms with E-state index in [-0.39, 0.29) is 17.2 Å². The summed E-state index contributed by atoms with van der Waals surface area (Å²) in [6.07, 6.45) is 6.96. The lowest BCUT2D eigenvalue weighted by Crippen LogP contribution is -2.49. The summed E-state index contributed by atoms with van der Waals surface area (Å²) in [7, 11) is 0.640. The lowest BCUT2D eigenvalue weighted by atomic mass is 9.74. The SMILES string of the molecule is CN(C)C(=O)C1CC(C2CCCC(S(C)(=O)=O)C2)CCN1. The topological polar surface area (TPSA) is 66.5 Å². The molecule has 6 heteroatoms. The molecule has 21 heavy (non-hydrogen) atoms. The predicted octanol–water partition coefficient (Wildman–Crippen LogP) is 1.05. The summed E-state index contributed by atoms with van der Waals surface area (Å²) in [5.74, 6) is 1.07. The molecule has 1 heterocycles. The second kappa shape index (κ2) is 6.65. The number of nitrogens with one attached hydrogen (secondary N) is 1. The van der Waals surface area contributed by atoms with Crippen molar-refractivity contribution in [2.24, 2.45) is 11.8 Å². The molecule has 1 saturated carbocycles. The molecular weight excluding hydrogens is 288 g/mol. The lowest BCUT2D eigenvalue weighted by Gasteiger charge is -2.39. The first-order chi connectivity index (χ1) is 9.79. The number of likely N-dealkylation sites (N-methyl/N-ethyl adjacent to an activating group) is 1. The van der Waals surface area contributed by atoms with E-state index < -0.39 is 9.84 Å². The Balaban J connectivity index is 1.99. The van der Waals surface area contributed by atoms with Crippen molar-refractivity contribution in [2.45, 2.75) is 49.8 Å². The summed E-state index contributed by atoms with van der Waals surface area (Å²) in [5, 5.41) is 3.13. The molecule has 1 aliphatic heterocycles. The number of piperidine rings is 1. The van der Waals surface area contributed by atoms with Gasteiger partial charge in [0.1, 0.15) is 9.84 Å². The van der Waals surface area contributed by atoms with E-state index in [1.165, 1.54) is 6.26 Å². The first-order valence-electron chi connectivity index (χ1n) is 7.92. The van der Waals surface area contributed by atoms with E-state index in [4.69, 9.17) is 0 Å². The van der Waals surface area contributed by atoms with Crippen molar-refractivity contribution < 1.29 is 13.2 Å². The zero-order valence-electron chi connectivity index (χ0n) is 13.3. The normalized spacial score (nSPS) is 34.4. The zero-order valence-corrected chi connectivity index (χ0v) is 14.2. The molecule has 0 spiro atoms. The molecule has 122 valence electrons. The molecule has 2 rings (SSSR count). The van der Waals surface area contributed by atoms with Gasteiger partial charge in [-0.25, -0.2) is 8.42 Å². The first-order valence-corrected chi connectivity index (χ1v) is 9.88. The molecule has 0 aromatic rings. The van der Waals surface area contributed by atoms with Crippen LogP contribution in [0.1, 0.15) is 38.5 Å².